The minimum atomic E-state index is 0.677. The Labute approximate surface area is 128 Å². The molecule has 1 N–H and O–H groups in total. The first-order chi connectivity index (χ1) is 10.3. The number of para-hydroxylation sites is 1. The van der Waals surface area contributed by atoms with E-state index in [1.54, 1.807) is 7.11 Å². The largest absolute Gasteiger partial charge is 0.495 e. The molecule has 0 fully saturated rings. The quantitative estimate of drug-likeness (QED) is 0.675. The van der Waals surface area contributed by atoms with E-state index in [-0.39, 0.29) is 0 Å². The van der Waals surface area contributed by atoms with Gasteiger partial charge in [0.2, 0.25) is 0 Å². The van der Waals surface area contributed by atoms with Crippen molar-refractivity contribution in [3.8, 4) is 16.9 Å². The van der Waals surface area contributed by atoms with Gasteiger partial charge >= 0.3 is 0 Å². The third-order valence-electron chi connectivity index (χ3n) is 4.10. The van der Waals surface area contributed by atoms with Gasteiger partial charge in [0.05, 0.1) is 12.1 Å². The molecule has 1 heterocycles. The average molecular weight is 296 g/mol. The molecule has 4 rings (SSSR count). The lowest BCUT2D eigenvalue weighted by atomic mass is 9.90. The zero-order chi connectivity index (χ0) is 14.4. The molecule has 3 aromatic rings. The maximum absolute atomic E-state index is 6.44. The number of ether oxygens (including phenoxy) is 1. The molecule has 0 saturated heterocycles. The molecule has 3 heteroatoms. The second kappa shape index (κ2) is 4.68. The van der Waals surface area contributed by atoms with Gasteiger partial charge in [0.25, 0.3) is 0 Å². The third-order valence-corrected chi connectivity index (χ3v) is 4.49. The van der Waals surface area contributed by atoms with Crippen molar-refractivity contribution < 1.29 is 4.74 Å². The summed E-state index contributed by atoms with van der Waals surface area (Å²) >= 11 is 6.44. The first kappa shape index (κ1) is 12.5. The van der Waals surface area contributed by atoms with Crippen LogP contribution in [0.3, 0.4) is 0 Å². The van der Waals surface area contributed by atoms with Crippen molar-refractivity contribution in [1.29, 1.82) is 0 Å². The number of hydrogen-bond donors (Lipinski definition) is 1. The molecule has 0 spiro atoms. The number of anilines is 1. The van der Waals surface area contributed by atoms with Crippen molar-refractivity contribution in [2.75, 3.05) is 12.4 Å². The highest BCUT2D eigenvalue weighted by molar-refractivity contribution is 6.37. The van der Waals surface area contributed by atoms with Crippen LogP contribution in [0.15, 0.2) is 48.5 Å². The van der Waals surface area contributed by atoms with Crippen molar-refractivity contribution in [1.82, 2.24) is 0 Å². The van der Waals surface area contributed by atoms with Gasteiger partial charge in [-0.2, -0.15) is 0 Å². The predicted octanol–water partition coefficient (Wildman–Crippen LogP) is 5.09. The highest BCUT2D eigenvalue weighted by Gasteiger charge is 2.18. The normalized spacial score (nSPS) is 12.5. The second-order valence-corrected chi connectivity index (χ2v) is 5.55. The monoisotopic (exact) mass is 295 g/mol. The molecule has 0 atom stereocenters. The van der Waals surface area contributed by atoms with Gasteiger partial charge in [0.1, 0.15) is 5.75 Å². The molecule has 0 saturated carbocycles. The summed E-state index contributed by atoms with van der Waals surface area (Å²) in [6.45, 7) is 0.812. The molecule has 0 radical (unpaired) electrons. The Balaban J connectivity index is 2.04. The number of halogens is 1. The first-order valence-corrected chi connectivity index (χ1v) is 7.29. The molecule has 1 aliphatic heterocycles. The maximum Gasteiger partial charge on any atom is 0.138 e. The average Bonchev–Trinajstić information content (AvgIpc) is 2.54. The minimum absolute atomic E-state index is 0.677. The Morgan fingerprint density at radius 1 is 0.952 bits per heavy atom. The topological polar surface area (TPSA) is 21.3 Å². The molecule has 0 aromatic heterocycles. The molecule has 2 nitrogen and oxygen atoms in total. The van der Waals surface area contributed by atoms with Crippen LogP contribution in [0.1, 0.15) is 5.56 Å². The number of fused-ring (bicyclic) bond motifs is 5. The Morgan fingerprint density at radius 2 is 1.76 bits per heavy atom. The molecule has 1 aliphatic rings. The molecular weight excluding hydrogens is 282 g/mol. The van der Waals surface area contributed by atoms with E-state index < -0.39 is 0 Å². The fourth-order valence-corrected chi connectivity index (χ4v) is 3.37. The SMILES string of the molecule is COc1ccc2c3c(ccc2c1Cl)-c1ccccc1NC3. The van der Waals surface area contributed by atoms with E-state index >= 15 is 0 Å². The van der Waals surface area contributed by atoms with Crippen LogP contribution in [0.4, 0.5) is 5.69 Å². The summed E-state index contributed by atoms with van der Waals surface area (Å²) in [5.41, 5.74) is 4.99. The summed E-state index contributed by atoms with van der Waals surface area (Å²) in [6, 6.07) is 16.7. The third kappa shape index (κ3) is 1.79. The highest BCUT2D eigenvalue weighted by atomic mass is 35.5. The summed E-state index contributed by atoms with van der Waals surface area (Å²) < 4.78 is 5.31. The predicted molar refractivity (Wildman–Crippen MR) is 88.3 cm³/mol. The molecular formula is C18H14ClNO. The van der Waals surface area contributed by atoms with Gasteiger partial charge in [-0.1, -0.05) is 48.0 Å². The van der Waals surface area contributed by atoms with Gasteiger partial charge in [-0.05, 0) is 28.6 Å². The van der Waals surface area contributed by atoms with E-state index in [0.717, 1.165) is 11.9 Å². The number of rotatable bonds is 1. The number of hydrogen-bond acceptors (Lipinski definition) is 2. The van der Waals surface area contributed by atoms with Crippen LogP contribution >= 0.6 is 11.6 Å². The van der Waals surface area contributed by atoms with Crippen LogP contribution in [0, 0.1) is 0 Å². The first-order valence-electron chi connectivity index (χ1n) is 6.91. The standard InChI is InChI=1S/C18H14ClNO/c1-21-17-9-8-12-14(18(17)19)7-6-11-13-4-2-3-5-16(13)20-10-15(11)12/h2-9,20H,10H2,1H3. The number of methoxy groups -OCH3 is 1. The summed E-state index contributed by atoms with van der Waals surface area (Å²) in [6.07, 6.45) is 0. The van der Waals surface area contributed by atoms with Crippen LogP contribution < -0.4 is 10.1 Å². The van der Waals surface area contributed by atoms with Crippen LogP contribution in [-0.2, 0) is 6.54 Å². The highest BCUT2D eigenvalue weighted by Crippen LogP contribution is 2.41. The lowest BCUT2D eigenvalue weighted by Gasteiger charge is -2.23. The van der Waals surface area contributed by atoms with Crippen molar-refractivity contribution in [3.63, 3.8) is 0 Å². The summed E-state index contributed by atoms with van der Waals surface area (Å²) in [7, 11) is 1.64. The molecule has 0 aliphatic carbocycles. The lowest BCUT2D eigenvalue weighted by molar-refractivity contribution is 0.415. The summed E-state index contributed by atoms with van der Waals surface area (Å²) in [5.74, 6) is 0.716. The molecule has 0 unspecified atom stereocenters. The minimum Gasteiger partial charge on any atom is -0.495 e. The van der Waals surface area contributed by atoms with E-state index in [1.165, 1.54) is 27.8 Å². The number of nitrogens with one attached hydrogen (secondary N) is 1. The summed E-state index contributed by atoms with van der Waals surface area (Å²) in [5, 5.41) is 6.38. The molecule has 104 valence electrons. The smallest absolute Gasteiger partial charge is 0.138 e. The second-order valence-electron chi connectivity index (χ2n) is 5.17. The van der Waals surface area contributed by atoms with Gasteiger partial charge in [-0.3, -0.25) is 0 Å². The fraction of sp³-hybridized carbons (Fsp3) is 0.111. The van der Waals surface area contributed by atoms with Crippen LogP contribution in [-0.4, -0.2) is 7.11 Å². The van der Waals surface area contributed by atoms with Gasteiger partial charge in [0.15, 0.2) is 0 Å². The van der Waals surface area contributed by atoms with Crippen molar-refractivity contribution in [2.24, 2.45) is 0 Å². The van der Waals surface area contributed by atoms with Crippen LogP contribution in [0.5, 0.6) is 5.75 Å². The van der Waals surface area contributed by atoms with Crippen molar-refractivity contribution in [2.45, 2.75) is 6.54 Å². The molecule has 21 heavy (non-hydrogen) atoms. The Hall–Kier alpha value is -2.19. The van der Waals surface area contributed by atoms with Gasteiger partial charge in [0, 0.05) is 23.2 Å². The van der Waals surface area contributed by atoms with Crippen LogP contribution in [0.2, 0.25) is 5.02 Å². The van der Waals surface area contributed by atoms with Crippen molar-refractivity contribution in [3.05, 3.63) is 59.1 Å². The number of benzene rings is 3. The van der Waals surface area contributed by atoms with E-state index in [9.17, 15) is 0 Å². The molecule has 3 aromatic carbocycles. The summed E-state index contributed by atoms with van der Waals surface area (Å²) in [4.78, 5) is 0. The Morgan fingerprint density at radius 3 is 2.62 bits per heavy atom. The van der Waals surface area contributed by atoms with E-state index in [1.807, 2.05) is 6.07 Å². The molecule has 0 bridgehead atoms. The maximum atomic E-state index is 6.44. The van der Waals surface area contributed by atoms with Crippen molar-refractivity contribution >= 4 is 28.1 Å². The van der Waals surface area contributed by atoms with Gasteiger partial charge < -0.3 is 10.1 Å². The Kier molecular flexibility index (Phi) is 2.79. The van der Waals surface area contributed by atoms with E-state index in [0.29, 0.717) is 10.8 Å². The van der Waals surface area contributed by atoms with Crippen LogP contribution in [0.25, 0.3) is 21.9 Å². The van der Waals surface area contributed by atoms with Gasteiger partial charge in [-0.25, -0.2) is 0 Å². The fourth-order valence-electron chi connectivity index (χ4n) is 3.07. The molecule has 0 amide bonds. The van der Waals surface area contributed by atoms with E-state index in [4.69, 9.17) is 16.3 Å². The Bertz CT molecular complexity index is 857. The van der Waals surface area contributed by atoms with E-state index in [2.05, 4.69) is 47.8 Å². The van der Waals surface area contributed by atoms with Gasteiger partial charge in [-0.15, -0.1) is 0 Å². The zero-order valence-corrected chi connectivity index (χ0v) is 12.4. The zero-order valence-electron chi connectivity index (χ0n) is 11.6. The lowest BCUT2D eigenvalue weighted by Crippen LogP contribution is -2.09.